The molecule has 0 heterocycles. The minimum Gasteiger partial charge on any atom is -0.497 e. The summed E-state index contributed by atoms with van der Waals surface area (Å²) < 4.78 is 5.21. The minimum absolute atomic E-state index is 0.879. The van der Waals surface area contributed by atoms with Crippen LogP contribution in [0.3, 0.4) is 0 Å². The van der Waals surface area contributed by atoms with Crippen molar-refractivity contribution in [3.63, 3.8) is 0 Å². The highest BCUT2D eigenvalue weighted by molar-refractivity contribution is 5.66. The summed E-state index contributed by atoms with van der Waals surface area (Å²) in [6.45, 7) is 6.19. The lowest BCUT2D eigenvalue weighted by atomic mass is 10.1. The summed E-state index contributed by atoms with van der Waals surface area (Å²) in [5.74, 6) is 0.879. The SMILES string of the molecule is CCNCc1ccc(N(C)c2ccc(OC)cc2)c(C)c1. The maximum Gasteiger partial charge on any atom is 0.119 e. The Morgan fingerprint density at radius 3 is 2.38 bits per heavy atom. The van der Waals surface area contributed by atoms with E-state index >= 15 is 0 Å². The number of nitrogens with zero attached hydrogens (tertiary/aromatic N) is 1. The third-order valence-corrected chi connectivity index (χ3v) is 3.66. The Hall–Kier alpha value is -2.00. The Morgan fingerprint density at radius 2 is 1.81 bits per heavy atom. The molecule has 0 aliphatic carbocycles. The lowest BCUT2D eigenvalue weighted by molar-refractivity contribution is 0.415. The highest BCUT2D eigenvalue weighted by Crippen LogP contribution is 2.28. The van der Waals surface area contributed by atoms with E-state index in [-0.39, 0.29) is 0 Å². The van der Waals surface area contributed by atoms with Crippen LogP contribution in [0.5, 0.6) is 5.75 Å². The number of ether oxygens (including phenoxy) is 1. The predicted octanol–water partition coefficient (Wildman–Crippen LogP) is 3.88. The second-order valence-electron chi connectivity index (χ2n) is 5.16. The molecule has 0 unspecified atom stereocenters. The van der Waals surface area contributed by atoms with E-state index in [0.717, 1.165) is 24.5 Å². The largest absolute Gasteiger partial charge is 0.497 e. The summed E-state index contributed by atoms with van der Waals surface area (Å²) in [7, 11) is 3.78. The Kier molecular flexibility index (Phi) is 5.23. The number of methoxy groups -OCH3 is 1. The van der Waals surface area contributed by atoms with Crippen molar-refractivity contribution in [2.24, 2.45) is 0 Å². The van der Waals surface area contributed by atoms with Crippen molar-refractivity contribution in [3.05, 3.63) is 53.6 Å². The van der Waals surface area contributed by atoms with Crippen molar-refractivity contribution in [1.29, 1.82) is 0 Å². The van der Waals surface area contributed by atoms with Crippen LogP contribution < -0.4 is 15.0 Å². The third kappa shape index (κ3) is 3.76. The van der Waals surface area contributed by atoms with Crippen molar-refractivity contribution in [2.45, 2.75) is 20.4 Å². The monoisotopic (exact) mass is 284 g/mol. The fraction of sp³-hybridized carbons (Fsp3) is 0.333. The minimum atomic E-state index is 0.879. The average Bonchev–Trinajstić information content (AvgIpc) is 2.52. The molecule has 112 valence electrons. The van der Waals surface area contributed by atoms with Gasteiger partial charge in [-0.05, 0) is 54.9 Å². The van der Waals surface area contributed by atoms with Gasteiger partial charge in [0.1, 0.15) is 5.75 Å². The molecular weight excluding hydrogens is 260 g/mol. The second kappa shape index (κ2) is 7.14. The lowest BCUT2D eigenvalue weighted by Crippen LogP contribution is -2.13. The Bertz CT molecular complexity index is 578. The molecule has 0 amide bonds. The van der Waals surface area contributed by atoms with Crippen LogP contribution in [0, 0.1) is 6.92 Å². The van der Waals surface area contributed by atoms with Crippen LogP contribution >= 0.6 is 0 Å². The molecule has 0 aromatic heterocycles. The first kappa shape index (κ1) is 15.4. The first-order valence-electron chi connectivity index (χ1n) is 7.33. The number of anilines is 2. The Balaban J connectivity index is 2.19. The number of nitrogens with one attached hydrogen (secondary N) is 1. The molecule has 2 aromatic carbocycles. The van der Waals surface area contributed by atoms with Gasteiger partial charge in [0.2, 0.25) is 0 Å². The van der Waals surface area contributed by atoms with Gasteiger partial charge in [-0.3, -0.25) is 0 Å². The number of aryl methyl sites for hydroxylation is 1. The molecule has 0 radical (unpaired) electrons. The molecule has 0 bridgehead atoms. The quantitative estimate of drug-likeness (QED) is 0.871. The van der Waals surface area contributed by atoms with Crippen molar-refractivity contribution in [3.8, 4) is 5.75 Å². The molecule has 0 saturated carbocycles. The molecule has 0 saturated heterocycles. The van der Waals surface area contributed by atoms with Gasteiger partial charge in [-0.15, -0.1) is 0 Å². The van der Waals surface area contributed by atoms with E-state index in [1.54, 1.807) is 7.11 Å². The molecule has 21 heavy (non-hydrogen) atoms. The van der Waals surface area contributed by atoms with Crippen LogP contribution in [0.25, 0.3) is 0 Å². The van der Waals surface area contributed by atoms with Gasteiger partial charge in [0.05, 0.1) is 7.11 Å². The van der Waals surface area contributed by atoms with Gasteiger partial charge >= 0.3 is 0 Å². The fourth-order valence-electron chi connectivity index (χ4n) is 2.42. The van der Waals surface area contributed by atoms with E-state index in [2.05, 4.69) is 61.4 Å². The molecule has 3 nitrogen and oxygen atoms in total. The van der Waals surface area contributed by atoms with Crippen molar-refractivity contribution >= 4 is 11.4 Å². The van der Waals surface area contributed by atoms with Crippen LogP contribution in [-0.4, -0.2) is 20.7 Å². The van der Waals surface area contributed by atoms with Crippen LogP contribution in [0.1, 0.15) is 18.1 Å². The molecule has 3 heteroatoms. The second-order valence-corrected chi connectivity index (χ2v) is 5.16. The highest BCUT2D eigenvalue weighted by atomic mass is 16.5. The molecular formula is C18H24N2O. The normalized spacial score (nSPS) is 10.5. The van der Waals surface area contributed by atoms with Crippen LogP contribution in [0.2, 0.25) is 0 Å². The number of rotatable bonds is 6. The van der Waals surface area contributed by atoms with Crippen LogP contribution in [0.15, 0.2) is 42.5 Å². The highest BCUT2D eigenvalue weighted by Gasteiger charge is 2.08. The maximum absolute atomic E-state index is 5.21. The van der Waals surface area contributed by atoms with Gasteiger partial charge in [-0.2, -0.15) is 0 Å². The van der Waals surface area contributed by atoms with Crippen LogP contribution in [-0.2, 0) is 6.54 Å². The molecule has 2 rings (SSSR count). The van der Waals surface area contributed by atoms with E-state index < -0.39 is 0 Å². The summed E-state index contributed by atoms with van der Waals surface area (Å²) in [4.78, 5) is 2.20. The molecule has 1 N–H and O–H groups in total. The molecule has 0 fully saturated rings. The third-order valence-electron chi connectivity index (χ3n) is 3.66. The average molecular weight is 284 g/mol. The van der Waals surface area contributed by atoms with E-state index in [9.17, 15) is 0 Å². The molecule has 0 aliphatic rings. The zero-order valence-corrected chi connectivity index (χ0v) is 13.3. The number of benzene rings is 2. The zero-order chi connectivity index (χ0) is 15.2. The zero-order valence-electron chi connectivity index (χ0n) is 13.3. The summed E-state index contributed by atoms with van der Waals surface area (Å²) in [5, 5.41) is 3.36. The molecule has 0 aliphatic heterocycles. The van der Waals surface area contributed by atoms with Crippen LogP contribution in [0.4, 0.5) is 11.4 Å². The number of hydrogen-bond acceptors (Lipinski definition) is 3. The number of hydrogen-bond donors (Lipinski definition) is 1. The smallest absolute Gasteiger partial charge is 0.119 e. The summed E-state index contributed by atoms with van der Waals surface area (Å²) >= 11 is 0. The predicted molar refractivity (Wildman–Crippen MR) is 89.6 cm³/mol. The lowest BCUT2D eigenvalue weighted by Gasteiger charge is -2.22. The summed E-state index contributed by atoms with van der Waals surface area (Å²) in [6.07, 6.45) is 0. The van der Waals surface area contributed by atoms with E-state index in [0.29, 0.717) is 0 Å². The van der Waals surface area contributed by atoms with Gasteiger partial charge in [-0.1, -0.05) is 19.1 Å². The Labute approximate surface area is 127 Å². The van der Waals surface area contributed by atoms with Crippen molar-refractivity contribution in [1.82, 2.24) is 5.32 Å². The van der Waals surface area contributed by atoms with Crippen molar-refractivity contribution in [2.75, 3.05) is 25.6 Å². The Morgan fingerprint density at radius 1 is 1.10 bits per heavy atom. The van der Waals surface area contributed by atoms with Gasteiger partial charge in [0.15, 0.2) is 0 Å². The van der Waals surface area contributed by atoms with E-state index in [1.807, 2.05) is 12.1 Å². The van der Waals surface area contributed by atoms with Gasteiger partial charge in [0, 0.05) is 25.0 Å². The maximum atomic E-state index is 5.21. The molecule has 0 atom stereocenters. The summed E-state index contributed by atoms with van der Waals surface area (Å²) in [5.41, 5.74) is 4.98. The van der Waals surface area contributed by atoms with Crippen molar-refractivity contribution < 1.29 is 4.74 Å². The van der Waals surface area contributed by atoms with Gasteiger partial charge < -0.3 is 15.0 Å². The first-order chi connectivity index (χ1) is 10.2. The molecule has 2 aromatic rings. The molecule has 0 spiro atoms. The first-order valence-corrected chi connectivity index (χ1v) is 7.33. The topological polar surface area (TPSA) is 24.5 Å². The standard InChI is InChI=1S/C18H24N2O/c1-5-19-13-15-6-11-18(14(2)12-15)20(3)16-7-9-17(21-4)10-8-16/h6-12,19H,5,13H2,1-4H3. The van der Waals surface area contributed by atoms with Gasteiger partial charge in [-0.25, -0.2) is 0 Å². The van der Waals surface area contributed by atoms with E-state index in [1.165, 1.54) is 16.8 Å². The van der Waals surface area contributed by atoms with Gasteiger partial charge in [0.25, 0.3) is 0 Å². The fourth-order valence-corrected chi connectivity index (χ4v) is 2.42. The summed E-state index contributed by atoms with van der Waals surface area (Å²) in [6, 6.07) is 14.7. The van der Waals surface area contributed by atoms with E-state index in [4.69, 9.17) is 4.74 Å².